The number of rotatable bonds is 4. The molecule has 33 heavy (non-hydrogen) atoms. The highest BCUT2D eigenvalue weighted by Gasteiger charge is 2.41. The molecule has 5 rings (SSSR count). The number of allylic oxidation sites excluding steroid dienone is 9. The van der Waals surface area contributed by atoms with Gasteiger partial charge in [0, 0.05) is 23.1 Å². The van der Waals surface area contributed by atoms with Gasteiger partial charge in [0.25, 0.3) is 0 Å². The molecule has 2 heteroatoms. The van der Waals surface area contributed by atoms with Gasteiger partial charge in [-0.1, -0.05) is 87.1 Å². The molecule has 0 radical (unpaired) electrons. The summed E-state index contributed by atoms with van der Waals surface area (Å²) in [5.41, 5.74) is 25.0. The smallest absolute Gasteiger partial charge is 0.0320 e. The minimum Gasteiger partial charge on any atom is -0.399 e. The number of hydrogen-bond acceptors (Lipinski definition) is 2. The third kappa shape index (κ3) is 3.28. The van der Waals surface area contributed by atoms with Gasteiger partial charge in [-0.15, -0.1) is 0 Å². The predicted molar refractivity (Wildman–Crippen MR) is 142 cm³/mol. The highest BCUT2D eigenvalue weighted by atomic mass is 14.6. The Morgan fingerprint density at radius 2 is 1.79 bits per heavy atom. The molecule has 0 spiro atoms. The summed E-state index contributed by atoms with van der Waals surface area (Å²) < 4.78 is 0. The molecule has 4 N–H and O–H groups in total. The zero-order valence-corrected chi connectivity index (χ0v) is 20.2. The summed E-state index contributed by atoms with van der Waals surface area (Å²) in [7, 11) is 0. The fraction of sp³-hybridized carbons (Fsp3) is 0.290. The van der Waals surface area contributed by atoms with Crippen molar-refractivity contribution in [2.75, 3.05) is 12.3 Å². The van der Waals surface area contributed by atoms with E-state index < -0.39 is 0 Å². The van der Waals surface area contributed by atoms with Gasteiger partial charge in [0.2, 0.25) is 0 Å². The molecule has 0 aromatic heterocycles. The van der Waals surface area contributed by atoms with Gasteiger partial charge in [-0.05, 0) is 76.4 Å². The van der Waals surface area contributed by atoms with Crippen LogP contribution in [-0.4, -0.2) is 6.54 Å². The molecule has 0 saturated carbocycles. The zero-order valence-electron chi connectivity index (χ0n) is 20.2. The Morgan fingerprint density at radius 3 is 2.58 bits per heavy atom. The second kappa shape index (κ2) is 7.74. The van der Waals surface area contributed by atoms with E-state index in [0.717, 1.165) is 18.5 Å². The number of anilines is 1. The van der Waals surface area contributed by atoms with Crippen molar-refractivity contribution in [2.45, 2.75) is 51.4 Å². The minimum absolute atomic E-state index is 0.0448. The van der Waals surface area contributed by atoms with Gasteiger partial charge in [-0.2, -0.15) is 0 Å². The summed E-state index contributed by atoms with van der Waals surface area (Å²) in [6, 6.07) is 13.5. The first kappa shape index (κ1) is 21.7. The van der Waals surface area contributed by atoms with E-state index in [1.54, 1.807) is 0 Å². The van der Waals surface area contributed by atoms with E-state index in [9.17, 15) is 0 Å². The summed E-state index contributed by atoms with van der Waals surface area (Å²) in [4.78, 5) is 0. The topological polar surface area (TPSA) is 52.0 Å². The maximum Gasteiger partial charge on any atom is 0.0320 e. The van der Waals surface area contributed by atoms with Gasteiger partial charge in [-0.3, -0.25) is 0 Å². The van der Waals surface area contributed by atoms with Gasteiger partial charge >= 0.3 is 0 Å². The molecule has 3 aliphatic carbocycles. The second-order valence-electron chi connectivity index (χ2n) is 10.4. The zero-order chi connectivity index (χ0) is 23.4. The first-order valence-corrected chi connectivity index (χ1v) is 12.0. The fourth-order valence-corrected chi connectivity index (χ4v) is 6.07. The molecule has 0 amide bonds. The molecule has 1 unspecified atom stereocenters. The summed E-state index contributed by atoms with van der Waals surface area (Å²) >= 11 is 0. The van der Waals surface area contributed by atoms with Gasteiger partial charge in [-0.25, -0.2) is 0 Å². The summed E-state index contributed by atoms with van der Waals surface area (Å²) in [6.07, 6.45) is 15.3. The Bertz CT molecular complexity index is 1300. The van der Waals surface area contributed by atoms with E-state index in [-0.39, 0.29) is 10.8 Å². The fourth-order valence-electron chi connectivity index (χ4n) is 6.07. The highest BCUT2D eigenvalue weighted by Crippen LogP contribution is 2.52. The Kier molecular flexibility index (Phi) is 5.10. The lowest BCUT2D eigenvalue weighted by atomic mass is 9.74. The SMILES string of the molecule is CC1=C(/C=C\CN)c2cc(N)ccc2C1(C)Cc1ccc2c(c1)C1=CC=CCC=C1C2(C)C. The van der Waals surface area contributed by atoms with Gasteiger partial charge < -0.3 is 11.5 Å². The first-order chi connectivity index (χ1) is 15.8. The Hall–Kier alpha value is -3.10. The van der Waals surface area contributed by atoms with Crippen molar-refractivity contribution in [1.29, 1.82) is 0 Å². The van der Waals surface area contributed by atoms with Crippen molar-refractivity contribution >= 4 is 16.8 Å². The predicted octanol–water partition coefficient (Wildman–Crippen LogP) is 6.63. The molecular weight excluding hydrogens is 400 g/mol. The molecule has 2 aromatic rings. The van der Waals surface area contributed by atoms with E-state index in [4.69, 9.17) is 11.5 Å². The molecule has 1 atom stereocenters. The van der Waals surface area contributed by atoms with Crippen LogP contribution in [0.25, 0.3) is 11.1 Å². The van der Waals surface area contributed by atoms with Crippen LogP contribution in [0.2, 0.25) is 0 Å². The maximum absolute atomic E-state index is 6.18. The molecule has 0 fully saturated rings. The lowest BCUT2D eigenvalue weighted by Crippen LogP contribution is -2.24. The van der Waals surface area contributed by atoms with Crippen molar-refractivity contribution in [3.8, 4) is 0 Å². The molecular formula is C31H34N2. The van der Waals surface area contributed by atoms with Crippen molar-refractivity contribution in [3.05, 3.63) is 112 Å². The monoisotopic (exact) mass is 434 g/mol. The van der Waals surface area contributed by atoms with Crippen molar-refractivity contribution in [3.63, 3.8) is 0 Å². The van der Waals surface area contributed by atoms with E-state index in [1.165, 1.54) is 50.1 Å². The third-order valence-electron chi connectivity index (χ3n) is 8.01. The van der Waals surface area contributed by atoms with Gasteiger partial charge in [0.1, 0.15) is 0 Å². The third-order valence-corrected chi connectivity index (χ3v) is 8.01. The molecule has 2 nitrogen and oxygen atoms in total. The lowest BCUT2D eigenvalue weighted by Gasteiger charge is -2.29. The quantitative estimate of drug-likeness (QED) is 0.531. The van der Waals surface area contributed by atoms with Gasteiger partial charge in [0.05, 0.1) is 0 Å². The number of fused-ring (bicyclic) bond motifs is 4. The molecule has 0 bridgehead atoms. The van der Waals surface area contributed by atoms with Crippen LogP contribution in [0, 0.1) is 0 Å². The second-order valence-corrected chi connectivity index (χ2v) is 10.4. The molecule has 2 aromatic carbocycles. The molecule has 0 aliphatic heterocycles. The van der Waals surface area contributed by atoms with Crippen LogP contribution in [0.1, 0.15) is 61.9 Å². The van der Waals surface area contributed by atoms with Crippen LogP contribution in [0.3, 0.4) is 0 Å². The highest BCUT2D eigenvalue weighted by molar-refractivity contribution is 5.91. The number of nitrogens with two attached hydrogens (primary N) is 2. The maximum atomic E-state index is 6.18. The van der Waals surface area contributed by atoms with E-state index in [1.807, 2.05) is 12.1 Å². The minimum atomic E-state index is -0.0872. The van der Waals surface area contributed by atoms with E-state index >= 15 is 0 Å². The van der Waals surface area contributed by atoms with E-state index in [0.29, 0.717) is 6.54 Å². The average Bonchev–Trinajstić information content (AvgIpc) is 2.99. The first-order valence-electron chi connectivity index (χ1n) is 12.0. The standard InChI is InChI=1S/C31H34N2/c1-20-23(10-8-16-32)26-18-22(33)13-15-29(26)31(20,4)19-21-12-14-28-25(17-21)24-9-6-5-7-11-27(24)30(28,2)3/h5-6,8-15,17-18H,7,16,19,32-33H2,1-4H3/b10-8-. The largest absolute Gasteiger partial charge is 0.399 e. The molecule has 0 saturated heterocycles. The van der Waals surface area contributed by atoms with Crippen molar-refractivity contribution in [2.24, 2.45) is 5.73 Å². The Balaban J connectivity index is 1.61. The molecule has 3 aliphatic rings. The van der Waals surface area contributed by atoms with Crippen molar-refractivity contribution < 1.29 is 0 Å². The van der Waals surface area contributed by atoms with Crippen LogP contribution in [0.15, 0.2) is 84.0 Å². The van der Waals surface area contributed by atoms with Gasteiger partial charge in [0.15, 0.2) is 0 Å². The van der Waals surface area contributed by atoms with Crippen LogP contribution in [0.5, 0.6) is 0 Å². The molecule has 168 valence electrons. The average molecular weight is 435 g/mol. The Labute approximate surface area is 198 Å². The Morgan fingerprint density at radius 1 is 1.00 bits per heavy atom. The van der Waals surface area contributed by atoms with Crippen LogP contribution < -0.4 is 11.5 Å². The molecule has 0 heterocycles. The summed E-state index contributed by atoms with van der Waals surface area (Å²) in [5, 5.41) is 0. The lowest BCUT2D eigenvalue weighted by molar-refractivity contribution is 0.565. The normalized spacial score (nSPS) is 22.7. The number of nitrogen functional groups attached to an aromatic ring is 1. The summed E-state index contributed by atoms with van der Waals surface area (Å²) in [5.74, 6) is 0. The number of hydrogen-bond donors (Lipinski definition) is 2. The summed E-state index contributed by atoms with van der Waals surface area (Å²) in [6.45, 7) is 9.88. The van der Waals surface area contributed by atoms with Crippen molar-refractivity contribution in [1.82, 2.24) is 0 Å². The van der Waals surface area contributed by atoms with E-state index in [2.05, 4.69) is 88.4 Å². The van der Waals surface area contributed by atoms with Crippen LogP contribution in [-0.2, 0) is 17.3 Å². The number of benzene rings is 2. The van der Waals surface area contributed by atoms with Crippen LogP contribution in [0.4, 0.5) is 5.69 Å². The van der Waals surface area contributed by atoms with Crippen LogP contribution >= 0.6 is 0 Å².